The Bertz CT molecular complexity index is 602. The predicted molar refractivity (Wildman–Crippen MR) is 86.0 cm³/mol. The van der Waals surface area contributed by atoms with Crippen molar-refractivity contribution in [2.75, 3.05) is 38.7 Å². The van der Waals surface area contributed by atoms with Crippen LogP contribution in [0.15, 0.2) is 12.3 Å². The zero-order valence-corrected chi connectivity index (χ0v) is 13.8. The minimum absolute atomic E-state index is 0.146. The summed E-state index contributed by atoms with van der Waals surface area (Å²) in [5.41, 5.74) is 0.857. The first-order valence-electron chi connectivity index (χ1n) is 8.54. The van der Waals surface area contributed by atoms with E-state index in [0.29, 0.717) is 37.5 Å². The van der Waals surface area contributed by atoms with Crippen LogP contribution >= 0.6 is 0 Å². The number of carbonyl (C=O) groups excluding carboxylic acids is 1. The zero-order chi connectivity index (χ0) is 16.0. The molecule has 3 unspecified atom stereocenters. The average Bonchev–Trinajstić information content (AvgIpc) is 3.46. The smallest absolute Gasteiger partial charge is 0.226 e. The number of morpholine rings is 1. The number of nitrogens with zero attached hydrogens (tertiary/aromatic N) is 4. The van der Waals surface area contributed by atoms with Crippen LogP contribution in [0.5, 0.6) is 0 Å². The van der Waals surface area contributed by atoms with Crippen molar-refractivity contribution in [3.8, 4) is 0 Å². The van der Waals surface area contributed by atoms with Crippen molar-refractivity contribution in [2.24, 2.45) is 17.8 Å². The van der Waals surface area contributed by atoms with E-state index in [-0.39, 0.29) is 12.0 Å². The highest BCUT2D eigenvalue weighted by Crippen LogP contribution is 2.55. The fourth-order valence-electron chi connectivity index (χ4n) is 3.56. The van der Waals surface area contributed by atoms with Crippen LogP contribution in [0.2, 0.25) is 0 Å². The van der Waals surface area contributed by atoms with Gasteiger partial charge in [-0.15, -0.1) is 0 Å². The number of ether oxygens (including phenoxy) is 1. The van der Waals surface area contributed by atoms with Gasteiger partial charge >= 0.3 is 0 Å². The number of anilines is 1. The SMILES string of the molecule is CN(C)c1nccc(C2CN(C(=O)C3CC3C3CC3)CCO2)n1. The summed E-state index contributed by atoms with van der Waals surface area (Å²) in [5.74, 6) is 2.79. The number of hydrogen-bond donors (Lipinski definition) is 0. The molecule has 3 atom stereocenters. The number of rotatable bonds is 4. The monoisotopic (exact) mass is 316 g/mol. The first-order chi connectivity index (χ1) is 11.1. The van der Waals surface area contributed by atoms with Crippen molar-refractivity contribution < 1.29 is 9.53 Å². The van der Waals surface area contributed by atoms with Gasteiger partial charge in [0.05, 0.1) is 18.8 Å². The standard InChI is InChI=1S/C17H24N4O2/c1-20(2)17-18-6-5-14(19-17)15-10-21(7-8-23-15)16(22)13-9-12(13)11-3-4-11/h5-6,11-13,15H,3-4,7-10H2,1-2H3. The van der Waals surface area contributed by atoms with Crippen molar-refractivity contribution >= 4 is 11.9 Å². The lowest BCUT2D eigenvalue weighted by Crippen LogP contribution is -2.43. The van der Waals surface area contributed by atoms with E-state index in [1.165, 1.54) is 12.8 Å². The minimum atomic E-state index is -0.146. The summed E-state index contributed by atoms with van der Waals surface area (Å²) in [7, 11) is 3.84. The molecule has 1 aromatic rings. The van der Waals surface area contributed by atoms with Gasteiger partial charge in [-0.3, -0.25) is 4.79 Å². The summed E-state index contributed by atoms with van der Waals surface area (Å²) in [5, 5.41) is 0. The lowest BCUT2D eigenvalue weighted by Gasteiger charge is -2.33. The van der Waals surface area contributed by atoms with Crippen molar-refractivity contribution in [3.63, 3.8) is 0 Å². The van der Waals surface area contributed by atoms with E-state index in [0.717, 1.165) is 18.0 Å². The number of hydrogen-bond acceptors (Lipinski definition) is 5. The van der Waals surface area contributed by atoms with E-state index in [4.69, 9.17) is 4.74 Å². The molecule has 0 N–H and O–H groups in total. The summed E-state index contributed by atoms with van der Waals surface area (Å²) >= 11 is 0. The van der Waals surface area contributed by atoms with Crippen LogP contribution in [0, 0.1) is 17.8 Å². The molecule has 4 rings (SSSR count). The molecule has 2 heterocycles. The number of carbonyl (C=O) groups is 1. The summed E-state index contributed by atoms with van der Waals surface area (Å²) in [4.78, 5) is 25.3. The second-order valence-electron chi connectivity index (χ2n) is 7.16. The number of amides is 1. The second-order valence-corrected chi connectivity index (χ2v) is 7.16. The maximum atomic E-state index is 12.7. The molecule has 1 saturated heterocycles. The maximum Gasteiger partial charge on any atom is 0.226 e. The number of aromatic nitrogens is 2. The molecule has 2 saturated carbocycles. The summed E-state index contributed by atoms with van der Waals surface area (Å²) in [6.45, 7) is 1.89. The Morgan fingerprint density at radius 1 is 1.39 bits per heavy atom. The summed E-state index contributed by atoms with van der Waals surface area (Å²) in [6.07, 6.45) is 5.37. The first-order valence-corrected chi connectivity index (χ1v) is 8.54. The largest absolute Gasteiger partial charge is 0.368 e. The van der Waals surface area contributed by atoms with Gasteiger partial charge in [0.25, 0.3) is 0 Å². The third-order valence-corrected chi connectivity index (χ3v) is 5.16. The quantitative estimate of drug-likeness (QED) is 0.842. The third kappa shape index (κ3) is 3.04. The Balaban J connectivity index is 1.42. The van der Waals surface area contributed by atoms with Crippen LogP contribution in [0.25, 0.3) is 0 Å². The van der Waals surface area contributed by atoms with Gasteiger partial charge in [0, 0.05) is 32.8 Å². The van der Waals surface area contributed by atoms with Crippen LogP contribution in [-0.2, 0) is 9.53 Å². The molecule has 3 aliphatic rings. The molecular formula is C17H24N4O2. The molecule has 0 aromatic carbocycles. The molecule has 124 valence electrons. The van der Waals surface area contributed by atoms with E-state index in [1.807, 2.05) is 30.0 Å². The molecule has 0 spiro atoms. The van der Waals surface area contributed by atoms with Crippen LogP contribution in [0.1, 0.15) is 31.1 Å². The molecule has 6 heteroatoms. The highest BCUT2D eigenvalue weighted by Gasteiger charge is 2.52. The van der Waals surface area contributed by atoms with Crippen LogP contribution in [-0.4, -0.2) is 54.6 Å². The molecule has 23 heavy (non-hydrogen) atoms. The molecule has 3 fully saturated rings. The van der Waals surface area contributed by atoms with Crippen molar-refractivity contribution in [1.82, 2.24) is 14.9 Å². The van der Waals surface area contributed by atoms with E-state index in [2.05, 4.69) is 9.97 Å². The van der Waals surface area contributed by atoms with E-state index < -0.39 is 0 Å². The second kappa shape index (κ2) is 5.74. The van der Waals surface area contributed by atoms with Crippen molar-refractivity contribution in [3.05, 3.63) is 18.0 Å². The Morgan fingerprint density at radius 2 is 2.22 bits per heavy atom. The van der Waals surface area contributed by atoms with Gasteiger partial charge in [-0.05, 0) is 37.2 Å². The van der Waals surface area contributed by atoms with Gasteiger partial charge in [-0.1, -0.05) is 0 Å². The predicted octanol–water partition coefficient (Wildman–Crippen LogP) is 1.49. The van der Waals surface area contributed by atoms with Gasteiger partial charge in [-0.2, -0.15) is 0 Å². The molecule has 1 amide bonds. The fourth-order valence-corrected chi connectivity index (χ4v) is 3.56. The highest BCUT2D eigenvalue weighted by molar-refractivity contribution is 5.82. The molecule has 2 aliphatic carbocycles. The topological polar surface area (TPSA) is 58.6 Å². The Kier molecular flexibility index (Phi) is 3.71. The van der Waals surface area contributed by atoms with Crippen LogP contribution in [0.4, 0.5) is 5.95 Å². The highest BCUT2D eigenvalue weighted by atomic mass is 16.5. The molecule has 6 nitrogen and oxygen atoms in total. The third-order valence-electron chi connectivity index (χ3n) is 5.16. The van der Waals surface area contributed by atoms with Crippen LogP contribution < -0.4 is 4.90 Å². The van der Waals surface area contributed by atoms with Gasteiger partial charge in [0.2, 0.25) is 11.9 Å². The van der Waals surface area contributed by atoms with Crippen molar-refractivity contribution in [1.29, 1.82) is 0 Å². The summed E-state index contributed by atoms with van der Waals surface area (Å²) in [6, 6.07) is 1.88. The fraction of sp³-hybridized carbons (Fsp3) is 0.706. The summed E-state index contributed by atoms with van der Waals surface area (Å²) < 4.78 is 5.86. The van der Waals surface area contributed by atoms with Gasteiger partial charge in [0.15, 0.2) is 0 Å². The first kappa shape index (κ1) is 14.9. The lowest BCUT2D eigenvalue weighted by atomic mass is 10.1. The normalized spacial score (nSPS) is 30.2. The molecule has 1 aromatic heterocycles. The average molecular weight is 316 g/mol. The Labute approximate surface area is 136 Å². The Hall–Kier alpha value is -1.69. The molecule has 0 bridgehead atoms. The Morgan fingerprint density at radius 3 is 2.96 bits per heavy atom. The zero-order valence-electron chi connectivity index (χ0n) is 13.8. The lowest BCUT2D eigenvalue weighted by molar-refractivity contribution is -0.141. The van der Waals surface area contributed by atoms with Gasteiger partial charge in [0.1, 0.15) is 6.10 Å². The minimum Gasteiger partial charge on any atom is -0.368 e. The maximum absolute atomic E-state index is 12.7. The molecular weight excluding hydrogens is 292 g/mol. The van der Waals surface area contributed by atoms with E-state index in [1.54, 1.807) is 6.20 Å². The van der Waals surface area contributed by atoms with Gasteiger partial charge in [-0.25, -0.2) is 9.97 Å². The van der Waals surface area contributed by atoms with E-state index >= 15 is 0 Å². The van der Waals surface area contributed by atoms with Crippen molar-refractivity contribution in [2.45, 2.75) is 25.4 Å². The van der Waals surface area contributed by atoms with E-state index in [9.17, 15) is 4.79 Å². The molecule has 1 aliphatic heterocycles. The van der Waals surface area contributed by atoms with Gasteiger partial charge < -0.3 is 14.5 Å². The van der Waals surface area contributed by atoms with Crippen LogP contribution in [0.3, 0.4) is 0 Å². The molecule has 0 radical (unpaired) electrons.